The molecule has 2 aromatic rings. The molecule has 19 heavy (non-hydrogen) atoms. The first-order valence-electron chi connectivity index (χ1n) is 6.05. The molecule has 0 aliphatic heterocycles. The summed E-state index contributed by atoms with van der Waals surface area (Å²) in [5, 5.41) is 2.82. The fourth-order valence-corrected chi connectivity index (χ4v) is 1.73. The number of anilines is 2. The van der Waals surface area contributed by atoms with Crippen molar-refractivity contribution < 1.29 is 4.79 Å². The second-order valence-electron chi connectivity index (χ2n) is 4.07. The third kappa shape index (κ3) is 3.08. The largest absolute Gasteiger partial charge is 0.322 e. The average molecular weight is 256 g/mol. The number of hydrazine groups is 1. The summed E-state index contributed by atoms with van der Waals surface area (Å²) >= 11 is 0. The maximum absolute atomic E-state index is 12.1. The molecule has 0 spiro atoms. The van der Waals surface area contributed by atoms with Crippen molar-refractivity contribution >= 4 is 17.3 Å². The highest BCUT2D eigenvalue weighted by Crippen LogP contribution is 2.15. The summed E-state index contributed by atoms with van der Waals surface area (Å²) in [5.74, 6) is 5.13. The number of carbonyl (C=O) groups excluding carboxylic acids is 1. The highest BCUT2D eigenvalue weighted by Gasteiger charge is 2.10. The molecule has 0 aliphatic rings. The van der Waals surface area contributed by atoms with Gasteiger partial charge in [0.2, 0.25) is 0 Å². The van der Waals surface area contributed by atoms with Crippen molar-refractivity contribution in [1.82, 2.24) is 4.98 Å². The first-order chi connectivity index (χ1) is 9.24. The minimum absolute atomic E-state index is 0.223. The van der Waals surface area contributed by atoms with Crippen molar-refractivity contribution in [3.05, 3.63) is 53.9 Å². The van der Waals surface area contributed by atoms with E-state index in [-0.39, 0.29) is 5.91 Å². The van der Waals surface area contributed by atoms with E-state index in [2.05, 4.69) is 22.7 Å². The van der Waals surface area contributed by atoms with E-state index in [4.69, 9.17) is 5.84 Å². The standard InChI is InChI=1S/C14H16N4O/c1-2-10-3-5-11(6-4-10)17-14(19)12-7-8-16-9-13(12)18-15/h3-9,18H,2,15H2,1H3,(H,17,19). The molecule has 0 aliphatic carbocycles. The summed E-state index contributed by atoms with van der Waals surface area (Å²) in [4.78, 5) is 16.0. The Morgan fingerprint density at radius 1 is 1.26 bits per heavy atom. The number of nitrogens with one attached hydrogen (secondary N) is 2. The maximum Gasteiger partial charge on any atom is 0.257 e. The smallest absolute Gasteiger partial charge is 0.257 e. The summed E-state index contributed by atoms with van der Waals surface area (Å²) in [5.41, 5.74) is 5.38. The van der Waals surface area contributed by atoms with Crippen molar-refractivity contribution in [2.24, 2.45) is 5.84 Å². The number of amides is 1. The van der Waals surface area contributed by atoms with Gasteiger partial charge in [-0.15, -0.1) is 0 Å². The van der Waals surface area contributed by atoms with Gasteiger partial charge in [-0.2, -0.15) is 0 Å². The molecule has 2 rings (SSSR count). The lowest BCUT2D eigenvalue weighted by Crippen LogP contribution is -2.17. The topological polar surface area (TPSA) is 80.0 Å². The minimum atomic E-state index is -0.223. The highest BCUT2D eigenvalue weighted by atomic mass is 16.1. The van der Waals surface area contributed by atoms with E-state index >= 15 is 0 Å². The van der Waals surface area contributed by atoms with Crippen LogP contribution in [0.1, 0.15) is 22.8 Å². The molecule has 0 saturated heterocycles. The Balaban J connectivity index is 2.16. The molecule has 1 heterocycles. The average Bonchev–Trinajstić information content (AvgIpc) is 2.48. The molecule has 4 N–H and O–H groups in total. The number of hydrogen-bond acceptors (Lipinski definition) is 4. The quantitative estimate of drug-likeness (QED) is 0.578. The van der Waals surface area contributed by atoms with Crippen molar-refractivity contribution in [2.75, 3.05) is 10.7 Å². The van der Waals surface area contributed by atoms with Gasteiger partial charge in [-0.05, 0) is 30.2 Å². The van der Waals surface area contributed by atoms with Crippen LogP contribution in [-0.2, 0) is 6.42 Å². The van der Waals surface area contributed by atoms with Gasteiger partial charge in [0.1, 0.15) is 0 Å². The molecule has 5 heteroatoms. The van der Waals surface area contributed by atoms with Crippen LogP contribution in [-0.4, -0.2) is 10.9 Å². The zero-order valence-electron chi connectivity index (χ0n) is 10.7. The van der Waals surface area contributed by atoms with Crippen molar-refractivity contribution in [3.63, 3.8) is 0 Å². The zero-order chi connectivity index (χ0) is 13.7. The third-order valence-corrected chi connectivity index (χ3v) is 2.84. The first kappa shape index (κ1) is 13.0. The van der Waals surface area contributed by atoms with E-state index in [0.29, 0.717) is 11.3 Å². The number of nitrogens with zero attached hydrogens (tertiary/aromatic N) is 1. The van der Waals surface area contributed by atoms with Crippen LogP contribution in [0.5, 0.6) is 0 Å². The predicted octanol–water partition coefficient (Wildman–Crippen LogP) is 2.18. The lowest BCUT2D eigenvalue weighted by atomic mass is 10.1. The zero-order valence-corrected chi connectivity index (χ0v) is 10.7. The summed E-state index contributed by atoms with van der Waals surface area (Å²) < 4.78 is 0. The van der Waals surface area contributed by atoms with Gasteiger partial charge in [-0.25, -0.2) is 0 Å². The van der Waals surface area contributed by atoms with Crippen molar-refractivity contribution in [2.45, 2.75) is 13.3 Å². The molecule has 5 nitrogen and oxygen atoms in total. The molecular weight excluding hydrogens is 240 g/mol. The van der Waals surface area contributed by atoms with Crippen molar-refractivity contribution in [3.8, 4) is 0 Å². The monoisotopic (exact) mass is 256 g/mol. The normalized spacial score (nSPS) is 10.0. The van der Waals surface area contributed by atoms with Crippen LogP contribution in [0.2, 0.25) is 0 Å². The fourth-order valence-electron chi connectivity index (χ4n) is 1.73. The number of benzene rings is 1. The number of pyridine rings is 1. The van der Waals surface area contributed by atoms with Crippen LogP contribution in [0.4, 0.5) is 11.4 Å². The summed E-state index contributed by atoms with van der Waals surface area (Å²) in [7, 11) is 0. The minimum Gasteiger partial charge on any atom is -0.322 e. The Labute approximate surface area is 111 Å². The van der Waals surface area contributed by atoms with E-state index in [1.54, 1.807) is 12.3 Å². The number of aryl methyl sites for hydroxylation is 1. The van der Waals surface area contributed by atoms with Gasteiger partial charge in [-0.3, -0.25) is 15.6 Å². The summed E-state index contributed by atoms with van der Waals surface area (Å²) in [6.07, 6.45) is 4.03. The van der Waals surface area contributed by atoms with Crippen LogP contribution in [0.25, 0.3) is 0 Å². The van der Waals surface area contributed by atoms with Gasteiger partial charge in [-0.1, -0.05) is 19.1 Å². The Kier molecular flexibility index (Phi) is 4.10. The molecule has 1 amide bonds. The van der Waals surface area contributed by atoms with Crippen LogP contribution in [0.3, 0.4) is 0 Å². The Hall–Kier alpha value is -2.40. The van der Waals surface area contributed by atoms with Crippen LogP contribution < -0.4 is 16.6 Å². The second-order valence-corrected chi connectivity index (χ2v) is 4.07. The number of carbonyl (C=O) groups is 1. The summed E-state index contributed by atoms with van der Waals surface area (Å²) in [6, 6.07) is 9.36. The van der Waals surface area contributed by atoms with E-state index in [1.165, 1.54) is 11.8 Å². The molecule has 0 radical (unpaired) electrons. The molecule has 0 saturated carbocycles. The van der Waals surface area contributed by atoms with E-state index < -0.39 is 0 Å². The lowest BCUT2D eigenvalue weighted by molar-refractivity contribution is 0.102. The Morgan fingerprint density at radius 3 is 2.63 bits per heavy atom. The summed E-state index contributed by atoms with van der Waals surface area (Å²) in [6.45, 7) is 2.09. The van der Waals surface area contributed by atoms with E-state index in [0.717, 1.165) is 12.1 Å². The second kappa shape index (κ2) is 5.97. The van der Waals surface area contributed by atoms with E-state index in [9.17, 15) is 4.79 Å². The van der Waals surface area contributed by atoms with Crippen LogP contribution in [0.15, 0.2) is 42.7 Å². The van der Waals surface area contributed by atoms with Crippen LogP contribution >= 0.6 is 0 Å². The van der Waals surface area contributed by atoms with Gasteiger partial charge >= 0.3 is 0 Å². The van der Waals surface area contributed by atoms with Crippen molar-refractivity contribution in [1.29, 1.82) is 0 Å². The molecule has 0 unspecified atom stereocenters. The molecule has 0 bridgehead atoms. The molecule has 98 valence electrons. The number of aromatic nitrogens is 1. The number of rotatable bonds is 4. The first-order valence-corrected chi connectivity index (χ1v) is 6.05. The third-order valence-electron chi connectivity index (χ3n) is 2.84. The Bertz CT molecular complexity index is 566. The molecule has 0 fully saturated rings. The number of nitrogen functional groups attached to an aromatic ring is 1. The van der Waals surface area contributed by atoms with Gasteiger partial charge in [0.25, 0.3) is 5.91 Å². The predicted molar refractivity (Wildman–Crippen MR) is 75.8 cm³/mol. The maximum atomic E-state index is 12.1. The number of nitrogens with two attached hydrogens (primary N) is 1. The van der Waals surface area contributed by atoms with E-state index in [1.807, 2.05) is 24.3 Å². The fraction of sp³-hybridized carbons (Fsp3) is 0.143. The van der Waals surface area contributed by atoms with Gasteiger partial charge < -0.3 is 10.7 Å². The SMILES string of the molecule is CCc1ccc(NC(=O)c2ccncc2NN)cc1. The van der Waals surface area contributed by atoms with Gasteiger partial charge in [0.05, 0.1) is 17.4 Å². The van der Waals surface area contributed by atoms with Gasteiger partial charge in [0, 0.05) is 11.9 Å². The highest BCUT2D eigenvalue weighted by molar-refractivity contribution is 6.07. The van der Waals surface area contributed by atoms with Gasteiger partial charge in [0.15, 0.2) is 0 Å². The molecular formula is C14H16N4O. The Morgan fingerprint density at radius 2 is 2.00 bits per heavy atom. The van der Waals surface area contributed by atoms with Crippen LogP contribution in [0, 0.1) is 0 Å². The molecule has 1 aromatic carbocycles. The molecule has 0 atom stereocenters. The number of hydrogen-bond donors (Lipinski definition) is 3. The molecule has 1 aromatic heterocycles. The lowest BCUT2D eigenvalue weighted by Gasteiger charge is -2.09.